The van der Waals surface area contributed by atoms with Crippen molar-refractivity contribution in [1.29, 1.82) is 0 Å². The fourth-order valence-corrected chi connectivity index (χ4v) is 1.65. The summed E-state index contributed by atoms with van der Waals surface area (Å²) in [5, 5.41) is 10.1. The van der Waals surface area contributed by atoms with Crippen molar-refractivity contribution in [3.8, 4) is 0 Å². The molecule has 0 aliphatic rings. The molecule has 0 unspecified atom stereocenters. The summed E-state index contributed by atoms with van der Waals surface area (Å²) in [5.74, 6) is -1.13. The SMILES string of the molecule is CCCO[N+](CC)(OCCC)OCCC.O=C([O-])c1ccccc1. The van der Waals surface area contributed by atoms with Crippen LogP contribution in [0, 0.1) is 0 Å². The molecule has 138 valence electrons. The van der Waals surface area contributed by atoms with E-state index >= 15 is 0 Å². The first kappa shape index (κ1) is 22.5. The number of hydrogen-bond donors (Lipinski definition) is 0. The molecule has 0 fully saturated rings. The summed E-state index contributed by atoms with van der Waals surface area (Å²) >= 11 is 0. The largest absolute Gasteiger partial charge is 0.545 e. The lowest BCUT2D eigenvalue weighted by Gasteiger charge is -2.28. The molecule has 6 nitrogen and oxygen atoms in total. The third-order valence-corrected chi connectivity index (χ3v) is 2.87. The van der Waals surface area contributed by atoms with Crippen LogP contribution in [0.4, 0.5) is 0 Å². The Morgan fingerprint density at radius 2 is 1.29 bits per heavy atom. The number of quaternary nitrogens is 1. The van der Waals surface area contributed by atoms with Crippen molar-refractivity contribution in [2.75, 3.05) is 26.4 Å². The van der Waals surface area contributed by atoms with Gasteiger partial charge < -0.3 is 9.90 Å². The van der Waals surface area contributed by atoms with Gasteiger partial charge in [0.15, 0.2) is 6.54 Å². The quantitative estimate of drug-likeness (QED) is 0.457. The zero-order valence-corrected chi connectivity index (χ0v) is 15.3. The number of carbonyl (C=O) groups is 1. The summed E-state index contributed by atoms with van der Waals surface area (Å²) in [6.45, 7) is 10.8. The summed E-state index contributed by atoms with van der Waals surface area (Å²) < 4.78 is 0. The highest BCUT2D eigenvalue weighted by Gasteiger charge is 2.32. The van der Waals surface area contributed by atoms with Crippen LogP contribution < -0.4 is 5.11 Å². The van der Waals surface area contributed by atoms with Gasteiger partial charge in [-0.2, -0.15) is 0 Å². The highest BCUT2D eigenvalue weighted by atomic mass is 17.2. The molecular weight excluding hydrogens is 310 g/mol. The topological polar surface area (TPSA) is 67.8 Å². The van der Waals surface area contributed by atoms with Crippen LogP contribution in [-0.2, 0) is 14.5 Å². The van der Waals surface area contributed by atoms with E-state index in [1.54, 1.807) is 18.2 Å². The van der Waals surface area contributed by atoms with Gasteiger partial charge in [-0.05, 0) is 31.7 Å². The molecule has 6 heteroatoms. The molecule has 0 saturated heterocycles. The van der Waals surface area contributed by atoms with Crippen LogP contribution in [-0.4, -0.2) is 37.3 Å². The minimum absolute atomic E-state index is 0.116. The second-order valence-electron chi connectivity index (χ2n) is 5.08. The standard InChI is InChI=1S/C11H26NO3.C7H6O2/c1-5-9-13-12(8-4,14-10-6-2)15-11-7-3;8-7(9)6-4-2-1-3-5-6/h5-11H2,1-4H3;1-5H,(H,8,9)/q+1;/p-1. The molecule has 0 atom stereocenters. The van der Waals surface area contributed by atoms with Gasteiger partial charge >= 0.3 is 0 Å². The Hall–Kier alpha value is -1.47. The van der Waals surface area contributed by atoms with Gasteiger partial charge in [0.1, 0.15) is 19.8 Å². The van der Waals surface area contributed by atoms with Crippen LogP contribution in [0.2, 0.25) is 0 Å². The monoisotopic (exact) mass is 341 g/mol. The maximum absolute atomic E-state index is 10.1. The minimum atomic E-state index is -1.13. The Kier molecular flexibility index (Phi) is 13.1. The second-order valence-corrected chi connectivity index (χ2v) is 5.08. The molecule has 0 radical (unpaired) electrons. The summed E-state index contributed by atoms with van der Waals surface area (Å²) in [7, 11) is 0. The molecule has 0 aliphatic carbocycles. The maximum atomic E-state index is 10.1. The van der Waals surface area contributed by atoms with Crippen molar-refractivity contribution in [1.82, 2.24) is 0 Å². The molecule has 0 aliphatic heterocycles. The summed E-state index contributed by atoms with van der Waals surface area (Å²) in [4.78, 5) is 26.9. The van der Waals surface area contributed by atoms with Crippen molar-refractivity contribution in [3.05, 3.63) is 35.9 Å². The van der Waals surface area contributed by atoms with Crippen molar-refractivity contribution < 1.29 is 29.4 Å². The number of carboxylic acid groups (broad SMARTS) is 1. The van der Waals surface area contributed by atoms with E-state index in [-0.39, 0.29) is 10.5 Å². The van der Waals surface area contributed by atoms with Gasteiger partial charge in [0.05, 0.1) is 10.9 Å². The van der Waals surface area contributed by atoms with Gasteiger partial charge in [0.25, 0.3) is 0 Å². The zero-order valence-electron chi connectivity index (χ0n) is 15.3. The van der Waals surface area contributed by atoms with Crippen LogP contribution >= 0.6 is 0 Å². The average Bonchev–Trinajstić information content (AvgIpc) is 2.63. The van der Waals surface area contributed by atoms with Crippen LogP contribution in [0.3, 0.4) is 0 Å². The number of carboxylic acids is 1. The number of hydrogen-bond acceptors (Lipinski definition) is 5. The Morgan fingerprint density at radius 3 is 1.54 bits per heavy atom. The molecule has 0 heterocycles. The molecule has 24 heavy (non-hydrogen) atoms. The van der Waals surface area contributed by atoms with E-state index in [1.807, 2.05) is 6.92 Å². The van der Waals surface area contributed by atoms with E-state index in [0.717, 1.165) is 19.3 Å². The Bertz CT molecular complexity index is 403. The molecule has 0 amide bonds. The number of aromatic carboxylic acids is 1. The van der Waals surface area contributed by atoms with E-state index in [9.17, 15) is 9.90 Å². The first-order chi connectivity index (χ1) is 11.5. The predicted octanol–water partition coefficient (Wildman–Crippen LogP) is 2.90. The Morgan fingerprint density at radius 1 is 0.875 bits per heavy atom. The second kappa shape index (κ2) is 13.9. The van der Waals surface area contributed by atoms with E-state index in [0.29, 0.717) is 26.4 Å². The smallest absolute Gasteiger partial charge is 0.175 e. The van der Waals surface area contributed by atoms with Crippen LogP contribution in [0.25, 0.3) is 0 Å². The third kappa shape index (κ3) is 9.62. The fraction of sp³-hybridized carbons (Fsp3) is 0.611. The highest BCUT2D eigenvalue weighted by molar-refractivity contribution is 5.85. The minimum Gasteiger partial charge on any atom is -0.545 e. The number of rotatable bonds is 11. The third-order valence-electron chi connectivity index (χ3n) is 2.87. The van der Waals surface area contributed by atoms with Crippen molar-refractivity contribution in [2.24, 2.45) is 0 Å². The lowest BCUT2D eigenvalue weighted by atomic mass is 10.2. The lowest BCUT2D eigenvalue weighted by Crippen LogP contribution is -2.48. The van der Waals surface area contributed by atoms with Gasteiger partial charge in [0.2, 0.25) is 0 Å². The molecule has 1 rings (SSSR count). The molecule has 1 aromatic rings. The first-order valence-corrected chi connectivity index (χ1v) is 8.63. The summed E-state index contributed by atoms with van der Waals surface area (Å²) in [6, 6.07) is 8.06. The van der Waals surface area contributed by atoms with Crippen molar-refractivity contribution in [2.45, 2.75) is 47.0 Å². The van der Waals surface area contributed by atoms with Crippen LogP contribution in [0.1, 0.15) is 57.3 Å². The van der Waals surface area contributed by atoms with Gasteiger partial charge in [-0.15, -0.1) is 14.5 Å². The number of carbonyl (C=O) groups excluding carboxylic acids is 1. The molecule has 0 aromatic heterocycles. The van der Waals surface area contributed by atoms with Crippen molar-refractivity contribution >= 4 is 5.97 Å². The lowest BCUT2D eigenvalue weighted by molar-refractivity contribution is -1.37. The number of hydroxylamine groups is 3. The first-order valence-electron chi connectivity index (χ1n) is 8.63. The number of nitrogens with zero attached hydrogens (tertiary/aromatic N) is 1. The summed E-state index contributed by atoms with van der Waals surface area (Å²) in [6.07, 6.45) is 2.89. The van der Waals surface area contributed by atoms with Gasteiger partial charge in [-0.3, -0.25) is 0 Å². The average molecular weight is 341 g/mol. The van der Waals surface area contributed by atoms with Crippen LogP contribution in [0.15, 0.2) is 30.3 Å². The Labute approximate surface area is 145 Å². The van der Waals surface area contributed by atoms with Gasteiger partial charge in [0, 0.05) is 0 Å². The highest BCUT2D eigenvalue weighted by Crippen LogP contribution is 2.13. The predicted molar refractivity (Wildman–Crippen MR) is 90.3 cm³/mol. The fourth-order valence-electron chi connectivity index (χ4n) is 1.65. The molecule has 0 spiro atoms. The normalized spacial score (nSPS) is 10.8. The van der Waals surface area contributed by atoms with Gasteiger partial charge in [-0.1, -0.05) is 51.1 Å². The molecule has 1 aromatic carbocycles. The van der Waals surface area contributed by atoms with E-state index < -0.39 is 5.97 Å². The molecular formula is C18H31NO5. The molecule has 0 N–H and O–H groups in total. The van der Waals surface area contributed by atoms with E-state index in [1.165, 1.54) is 12.1 Å². The van der Waals surface area contributed by atoms with Gasteiger partial charge in [-0.25, -0.2) is 0 Å². The van der Waals surface area contributed by atoms with E-state index in [4.69, 9.17) is 14.5 Å². The summed E-state index contributed by atoms with van der Waals surface area (Å²) in [5.41, 5.74) is 0.220. The molecule has 0 saturated carbocycles. The van der Waals surface area contributed by atoms with E-state index in [2.05, 4.69) is 20.8 Å². The molecule has 0 bridgehead atoms. The van der Waals surface area contributed by atoms with Crippen molar-refractivity contribution in [3.63, 3.8) is 0 Å². The van der Waals surface area contributed by atoms with Crippen LogP contribution in [0.5, 0.6) is 0 Å². The Balaban J connectivity index is 0.000000496. The number of benzene rings is 1. The zero-order chi connectivity index (χ0) is 18.3. The maximum Gasteiger partial charge on any atom is 0.175 e.